The number of hydrazone groups is 1. The van der Waals surface area contributed by atoms with Gasteiger partial charge in [0, 0.05) is 35.4 Å². The van der Waals surface area contributed by atoms with E-state index in [9.17, 15) is 10.1 Å². The van der Waals surface area contributed by atoms with Gasteiger partial charge in [-0.2, -0.15) is 20.1 Å². The van der Waals surface area contributed by atoms with Crippen molar-refractivity contribution in [1.29, 1.82) is 0 Å². The molecule has 0 spiro atoms. The van der Waals surface area contributed by atoms with Crippen LogP contribution in [0.2, 0.25) is 0 Å². The summed E-state index contributed by atoms with van der Waals surface area (Å²) in [4.78, 5) is 25.9. The molecule has 2 N–H and O–H groups in total. The molecule has 0 amide bonds. The molecule has 0 atom stereocenters. The van der Waals surface area contributed by atoms with Crippen LogP contribution >= 0.6 is 15.9 Å². The SMILES string of the molecule is O=[N+]([O-])c1cccc(Nc2nc(N/N=C\C(Br)=C\c3ccccc3)nc(N3CCOCC3)n2)c1. The summed E-state index contributed by atoms with van der Waals surface area (Å²) in [5, 5.41) is 18.3. The number of nitro benzene ring substituents is 1. The number of aromatic nitrogens is 3. The average molecular weight is 525 g/mol. The highest BCUT2D eigenvalue weighted by atomic mass is 79.9. The van der Waals surface area contributed by atoms with E-state index in [4.69, 9.17) is 4.74 Å². The summed E-state index contributed by atoms with van der Waals surface area (Å²) < 4.78 is 6.16. The van der Waals surface area contributed by atoms with Crippen molar-refractivity contribution >= 4 is 57.4 Å². The highest BCUT2D eigenvalue weighted by Gasteiger charge is 2.17. The zero-order valence-corrected chi connectivity index (χ0v) is 19.6. The van der Waals surface area contributed by atoms with E-state index in [1.54, 1.807) is 18.3 Å². The number of hydrogen-bond donors (Lipinski definition) is 2. The minimum absolute atomic E-state index is 0.0366. The van der Waals surface area contributed by atoms with E-state index in [1.165, 1.54) is 12.1 Å². The molecule has 1 aliphatic heterocycles. The van der Waals surface area contributed by atoms with E-state index in [0.29, 0.717) is 37.9 Å². The van der Waals surface area contributed by atoms with E-state index >= 15 is 0 Å². The van der Waals surface area contributed by atoms with Crippen molar-refractivity contribution in [3.8, 4) is 0 Å². The van der Waals surface area contributed by atoms with Crippen LogP contribution in [0.4, 0.5) is 29.2 Å². The van der Waals surface area contributed by atoms with Crippen molar-refractivity contribution in [1.82, 2.24) is 15.0 Å². The van der Waals surface area contributed by atoms with Crippen LogP contribution < -0.4 is 15.6 Å². The van der Waals surface area contributed by atoms with Crippen LogP contribution in [0.25, 0.3) is 6.08 Å². The van der Waals surface area contributed by atoms with Crippen LogP contribution in [0.1, 0.15) is 5.56 Å². The smallest absolute Gasteiger partial charge is 0.271 e. The number of anilines is 4. The zero-order chi connectivity index (χ0) is 23.8. The van der Waals surface area contributed by atoms with Crippen molar-refractivity contribution in [2.24, 2.45) is 5.10 Å². The van der Waals surface area contributed by atoms with E-state index in [2.05, 4.69) is 46.7 Å². The van der Waals surface area contributed by atoms with Crippen LogP contribution in [0, 0.1) is 10.1 Å². The second-order valence-corrected chi connectivity index (χ2v) is 8.04. The minimum atomic E-state index is -0.458. The lowest BCUT2D eigenvalue weighted by atomic mass is 10.2. The summed E-state index contributed by atoms with van der Waals surface area (Å²) >= 11 is 3.47. The Balaban J connectivity index is 1.55. The molecule has 11 nitrogen and oxygen atoms in total. The Bertz CT molecular complexity index is 1200. The summed E-state index contributed by atoms with van der Waals surface area (Å²) in [6.07, 6.45) is 3.52. The van der Waals surface area contributed by atoms with Crippen molar-refractivity contribution in [3.63, 3.8) is 0 Å². The van der Waals surface area contributed by atoms with Crippen LogP contribution in [-0.4, -0.2) is 52.4 Å². The van der Waals surface area contributed by atoms with Crippen molar-refractivity contribution in [2.45, 2.75) is 0 Å². The van der Waals surface area contributed by atoms with Crippen molar-refractivity contribution in [3.05, 3.63) is 74.8 Å². The first-order valence-electron chi connectivity index (χ1n) is 10.4. The highest BCUT2D eigenvalue weighted by molar-refractivity contribution is 9.12. The molecule has 1 aromatic heterocycles. The Labute approximate surface area is 203 Å². The van der Waals surface area contributed by atoms with Crippen LogP contribution in [0.15, 0.2) is 64.2 Å². The maximum Gasteiger partial charge on any atom is 0.271 e. The molecule has 3 aromatic rings. The minimum Gasteiger partial charge on any atom is -0.378 e. The lowest BCUT2D eigenvalue weighted by Gasteiger charge is -2.27. The summed E-state index contributed by atoms with van der Waals surface area (Å²) in [6.45, 7) is 2.40. The molecule has 12 heteroatoms. The third-order valence-electron chi connectivity index (χ3n) is 4.69. The zero-order valence-electron chi connectivity index (χ0n) is 18.0. The van der Waals surface area contributed by atoms with E-state index in [-0.39, 0.29) is 17.6 Å². The van der Waals surface area contributed by atoms with E-state index < -0.39 is 4.92 Å². The second-order valence-electron chi connectivity index (χ2n) is 7.12. The van der Waals surface area contributed by atoms with Gasteiger partial charge in [-0.25, -0.2) is 5.43 Å². The number of benzene rings is 2. The van der Waals surface area contributed by atoms with Gasteiger partial charge in [-0.05, 0) is 33.6 Å². The molecule has 2 aromatic carbocycles. The molecule has 2 heterocycles. The maximum atomic E-state index is 11.1. The predicted octanol–water partition coefficient (Wildman–Crippen LogP) is 4.19. The molecule has 0 radical (unpaired) electrons. The number of ether oxygens (including phenoxy) is 1. The number of morpholine rings is 1. The normalized spacial score (nSPS) is 14.3. The number of rotatable bonds is 8. The van der Waals surface area contributed by atoms with Gasteiger partial charge >= 0.3 is 0 Å². The lowest BCUT2D eigenvalue weighted by Crippen LogP contribution is -2.37. The number of hydrogen-bond acceptors (Lipinski definition) is 10. The molecule has 1 fully saturated rings. The van der Waals surface area contributed by atoms with Gasteiger partial charge in [0.15, 0.2) is 0 Å². The van der Waals surface area contributed by atoms with E-state index in [0.717, 1.165) is 10.0 Å². The van der Waals surface area contributed by atoms with Crippen molar-refractivity contribution in [2.75, 3.05) is 41.9 Å². The number of nitrogens with zero attached hydrogens (tertiary/aromatic N) is 6. The molecule has 0 saturated carbocycles. The molecule has 34 heavy (non-hydrogen) atoms. The molecular weight excluding hydrogens is 504 g/mol. The van der Waals surface area contributed by atoms with Gasteiger partial charge in [-0.3, -0.25) is 10.1 Å². The summed E-state index contributed by atoms with van der Waals surface area (Å²) in [5.41, 5.74) is 4.30. The summed E-state index contributed by atoms with van der Waals surface area (Å²) in [5.74, 6) is 0.900. The van der Waals surface area contributed by atoms with Gasteiger partial charge in [0.25, 0.3) is 5.69 Å². The number of nitro groups is 1. The fourth-order valence-corrected chi connectivity index (χ4v) is 3.47. The summed E-state index contributed by atoms with van der Waals surface area (Å²) in [6, 6.07) is 15.9. The van der Waals surface area contributed by atoms with Gasteiger partial charge in [0.2, 0.25) is 17.8 Å². The Morgan fingerprint density at radius 2 is 1.85 bits per heavy atom. The molecule has 1 aliphatic rings. The highest BCUT2D eigenvalue weighted by Crippen LogP contribution is 2.22. The molecule has 0 aliphatic carbocycles. The number of allylic oxidation sites excluding steroid dienone is 1. The molecule has 4 rings (SSSR count). The molecule has 1 saturated heterocycles. The monoisotopic (exact) mass is 524 g/mol. The number of halogens is 1. The molecule has 0 unspecified atom stereocenters. The number of nitrogens with one attached hydrogen (secondary N) is 2. The first kappa shape index (κ1) is 23.3. The van der Waals surface area contributed by atoms with Gasteiger partial charge in [0.1, 0.15) is 0 Å². The predicted molar refractivity (Wildman–Crippen MR) is 135 cm³/mol. The van der Waals surface area contributed by atoms with Gasteiger partial charge in [-0.15, -0.1) is 0 Å². The second kappa shape index (κ2) is 11.3. The standard InChI is InChI=1S/C22H21BrN8O3/c23-17(13-16-5-2-1-3-6-16)15-24-29-21-26-20(25-18-7-4-8-19(14-18)31(32)33)27-22(28-21)30-9-11-34-12-10-30/h1-8,13-15H,9-12H2,(H2,25,26,27,28,29)/b17-13-,24-15-. The average Bonchev–Trinajstić information content (AvgIpc) is 2.85. The maximum absolute atomic E-state index is 11.1. The molecule has 0 bridgehead atoms. The van der Waals surface area contributed by atoms with Crippen LogP contribution in [-0.2, 0) is 4.74 Å². The largest absolute Gasteiger partial charge is 0.378 e. The third-order valence-corrected chi connectivity index (χ3v) is 5.12. The Kier molecular flexibility index (Phi) is 7.73. The molecular formula is C22H21BrN8O3. The van der Waals surface area contributed by atoms with Crippen LogP contribution in [0.5, 0.6) is 0 Å². The first-order chi connectivity index (χ1) is 16.6. The first-order valence-corrected chi connectivity index (χ1v) is 11.2. The third kappa shape index (κ3) is 6.56. The Morgan fingerprint density at radius 1 is 1.09 bits per heavy atom. The molecule has 174 valence electrons. The van der Waals surface area contributed by atoms with Gasteiger partial charge in [0.05, 0.1) is 24.4 Å². The quantitative estimate of drug-likeness (QED) is 0.253. The fourth-order valence-electron chi connectivity index (χ4n) is 3.10. The van der Waals surface area contributed by atoms with Gasteiger partial charge < -0.3 is 15.0 Å². The number of non-ortho nitro benzene ring substituents is 1. The Morgan fingerprint density at radius 3 is 2.62 bits per heavy atom. The Hall–Kier alpha value is -3.90. The topological polar surface area (TPSA) is 131 Å². The lowest BCUT2D eigenvalue weighted by molar-refractivity contribution is -0.384. The van der Waals surface area contributed by atoms with E-state index in [1.807, 2.05) is 41.3 Å². The van der Waals surface area contributed by atoms with Crippen molar-refractivity contribution < 1.29 is 9.66 Å². The van der Waals surface area contributed by atoms with Gasteiger partial charge in [-0.1, -0.05) is 36.4 Å². The summed E-state index contributed by atoms with van der Waals surface area (Å²) in [7, 11) is 0. The fraction of sp³-hybridized carbons (Fsp3) is 0.182. The van der Waals surface area contributed by atoms with Crippen LogP contribution in [0.3, 0.4) is 0 Å².